The number of amides is 3. The van der Waals surface area contributed by atoms with Gasteiger partial charge in [-0.2, -0.15) is 0 Å². The highest BCUT2D eigenvalue weighted by Gasteiger charge is 2.34. The van der Waals surface area contributed by atoms with Crippen LogP contribution in [0.3, 0.4) is 0 Å². The summed E-state index contributed by atoms with van der Waals surface area (Å²) >= 11 is 0.760. The molecule has 2 heterocycles. The van der Waals surface area contributed by atoms with Gasteiger partial charge in [0.1, 0.15) is 5.82 Å². The van der Waals surface area contributed by atoms with E-state index in [0.29, 0.717) is 13.2 Å². The van der Waals surface area contributed by atoms with Crippen LogP contribution in [0.2, 0.25) is 0 Å². The normalized spacial score (nSPS) is 20.7. The third kappa shape index (κ3) is 6.12. The largest absolute Gasteiger partial charge is 0.378 e. The number of imide groups is 1. The van der Waals surface area contributed by atoms with E-state index in [2.05, 4.69) is 5.32 Å². The summed E-state index contributed by atoms with van der Waals surface area (Å²) in [5.41, 5.74) is 0.245. The second-order valence-electron chi connectivity index (χ2n) is 6.66. The van der Waals surface area contributed by atoms with Crippen molar-refractivity contribution in [1.29, 1.82) is 0 Å². The summed E-state index contributed by atoms with van der Waals surface area (Å²) in [7, 11) is 0. The van der Waals surface area contributed by atoms with Gasteiger partial charge in [-0.05, 0) is 36.7 Å². The average molecular weight is 422 g/mol. The third-order valence-corrected chi connectivity index (χ3v) is 5.43. The number of rotatable bonds is 9. The number of carbonyl (C=O) groups excluding carboxylic acids is 3. The highest BCUT2D eigenvalue weighted by atomic mass is 32.2. The topological polar surface area (TPSA) is 84.9 Å². The van der Waals surface area contributed by atoms with E-state index in [-0.39, 0.29) is 42.0 Å². The maximum Gasteiger partial charge on any atom is 0.293 e. The number of ether oxygens (including phenoxy) is 2. The predicted molar refractivity (Wildman–Crippen MR) is 106 cm³/mol. The molecule has 2 aliphatic rings. The molecule has 29 heavy (non-hydrogen) atoms. The Balaban J connectivity index is 1.39. The molecule has 0 spiro atoms. The minimum absolute atomic E-state index is 0.0573. The summed E-state index contributed by atoms with van der Waals surface area (Å²) < 4.78 is 24.6. The van der Waals surface area contributed by atoms with Crippen LogP contribution in [0, 0.1) is 5.82 Å². The van der Waals surface area contributed by atoms with Crippen LogP contribution < -0.4 is 5.32 Å². The van der Waals surface area contributed by atoms with Gasteiger partial charge in [-0.25, -0.2) is 4.39 Å². The van der Waals surface area contributed by atoms with E-state index in [0.717, 1.165) is 36.1 Å². The molecule has 7 nitrogen and oxygen atoms in total. The predicted octanol–water partition coefficient (Wildman–Crippen LogP) is 2.56. The highest BCUT2D eigenvalue weighted by molar-refractivity contribution is 8.18. The van der Waals surface area contributed by atoms with Crippen molar-refractivity contribution in [2.75, 3.05) is 32.9 Å². The van der Waals surface area contributed by atoms with Crippen molar-refractivity contribution in [3.63, 3.8) is 0 Å². The number of nitrogens with zero attached hydrogens (tertiary/aromatic N) is 1. The van der Waals surface area contributed by atoms with E-state index < -0.39 is 17.0 Å². The molecule has 0 radical (unpaired) electrons. The Kier molecular flexibility index (Phi) is 7.79. The van der Waals surface area contributed by atoms with Crippen molar-refractivity contribution in [1.82, 2.24) is 10.2 Å². The van der Waals surface area contributed by atoms with Gasteiger partial charge in [0.05, 0.1) is 24.2 Å². The van der Waals surface area contributed by atoms with Crippen LogP contribution in [0.25, 0.3) is 6.08 Å². The maximum absolute atomic E-state index is 13.7. The SMILES string of the molecule is O=C(CCOCC1CCCO1)NCCN1C(=O)S/C(=C\c2ccccc2F)C1=O. The minimum Gasteiger partial charge on any atom is -0.378 e. The average Bonchev–Trinajstić information content (AvgIpc) is 3.31. The first-order valence-electron chi connectivity index (χ1n) is 9.50. The molecular formula is C20H23FN2O5S. The Morgan fingerprint density at radius 3 is 2.97 bits per heavy atom. The monoisotopic (exact) mass is 422 g/mol. The summed E-state index contributed by atoms with van der Waals surface area (Å²) in [6, 6.07) is 6.02. The lowest BCUT2D eigenvalue weighted by Gasteiger charge is -2.13. The van der Waals surface area contributed by atoms with Crippen LogP contribution in [0.1, 0.15) is 24.8 Å². The van der Waals surface area contributed by atoms with Crippen LogP contribution in [-0.4, -0.2) is 61.0 Å². The van der Waals surface area contributed by atoms with E-state index in [1.807, 2.05) is 0 Å². The van der Waals surface area contributed by atoms with Gasteiger partial charge in [-0.3, -0.25) is 19.3 Å². The van der Waals surface area contributed by atoms with Crippen molar-refractivity contribution in [3.8, 4) is 0 Å². The lowest BCUT2D eigenvalue weighted by atomic mass is 10.2. The molecule has 2 aliphatic heterocycles. The van der Waals surface area contributed by atoms with Crippen LogP contribution in [0.5, 0.6) is 0 Å². The number of carbonyl (C=O) groups is 3. The first kappa shape index (κ1) is 21.5. The Bertz CT molecular complexity index is 795. The molecule has 156 valence electrons. The first-order chi connectivity index (χ1) is 14.0. The molecule has 3 rings (SSSR count). The molecule has 1 aromatic carbocycles. The summed E-state index contributed by atoms with van der Waals surface area (Å²) in [6.45, 7) is 1.74. The summed E-state index contributed by atoms with van der Waals surface area (Å²) in [4.78, 5) is 37.5. The third-order valence-electron chi connectivity index (χ3n) is 4.52. The van der Waals surface area contributed by atoms with E-state index in [4.69, 9.17) is 9.47 Å². The molecule has 3 amide bonds. The minimum atomic E-state index is -0.489. The highest BCUT2D eigenvalue weighted by Crippen LogP contribution is 2.32. The number of hydrogen-bond acceptors (Lipinski definition) is 6. The molecule has 1 aromatic rings. The van der Waals surface area contributed by atoms with Gasteiger partial charge < -0.3 is 14.8 Å². The van der Waals surface area contributed by atoms with E-state index >= 15 is 0 Å². The molecule has 2 fully saturated rings. The molecule has 0 saturated carbocycles. The van der Waals surface area contributed by atoms with Crippen LogP contribution >= 0.6 is 11.8 Å². The van der Waals surface area contributed by atoms with Crippen molar-refractivity contribution < 1.29 is 28.2 Å². The molecular weight excluding hydrogens is 399 g/mol. The Morgan fingerprint density at radius 1 is 1.38 bits per heavy atom. The quantitative estimate of drug-likeness (QED) is 0.486. The molecule has 0 aliphatic carbocycles. The van der Waals surface area contributed by atoms with Crippen molar-refractivity contribution in [2.24, 2.45) is 0 Å². The fourth-order valence-electron chi connectivity index (χ4n) is 2.98. The van der Waals surface area contributed by atoms with E-state index in [9.17, 15) is 18.8 Å². The molecule has 2 saturated heterocycles. The smallest absolute Gasteiger partial charge is 0.293 e. The van der Waals surface area contributed by atoms with Gasteiger partial charge in [-0.15, -0.1) is 0 Å². The maximum atomic E-state index is 13.7. The van der Waals surface area contributed by atoms with Gasteiger partial charge in [0.25, 0.3) is 11.1 Å². The summed E-state index contributed by atoms with van der Waals surface area (Å²) in [6.07, 6.45) is 3.70. The second-order valence-corrected chi connectivity index (χ2v) is 7.66. The van der Waals surface area contributed by atoms with E-state index in [1.165, 1.54) is 18.2 Å². The van der Waals surface area contributed by atoms with Gasteiger partial charge in [-0.1, -0.05) is 18.2 Å². The fourth-order valence-corrected chi connectivity index (χ4v) is 3.83. The fraction of sp³-hybridized carbons (Fsp3) is 0.450. The second kappa shape index (κ2) is 10.5. The zero-order valence-corrected chi connectivity index (χ0v) is 16.7. The first-order valence-corrected chi connectivity index (χ1v) is 10.3. The van der Waals surface area contributed by atoms with Gasteiger partial charge in [0.15, 0.2) is 0 Å². The molecule has 1 atom stereocenters. The van der Waals surface area contributed by atoms with Crippen LogP contribution in [-0.2, 0) is 19.1 Å². The zero-order chi connectivity index (χ0) is 20.6. The molecule has 1 N–H and O–H groups in total. The Labute approximate surface area is 172 Å². The van der Waals surface area contributed by atoms with Crippen molar-refractivity contribution >= 4 is 34.9 Å². The Morgan fingerprint density at radius 2 is 2.21 bits per heavy atom. The number of thioether (sulfide) groups is 1. The van der Waals surface area contributed by atoms with Gasteiger partial charge >= 0.3 is 0 Å². The number of halogens is 1. The van der Waals surface area contributed by atoms with Crippen molar-refractivity contribution in [3.05, 3.63) is 40.6 Å². The molecule has 1 unspecified atom stereocenters. The van der Waals surface area contributed by atoms with E-state index in [1.54, 1.807) is 12.1 Å². The standard InChI is InChI=1S/C20H23FN2O5S/c21-16-6-2-1-4-14(16)12-17-19(25)23(20(26)29-17)9-8-22-18(24)7-11-27-13-15-5-3-10-28-15/h1-2,4,6,12,15H,3,5,7-11,13H2,(H,22,24)/b17-12-. The van der Waals surface area contributed by atoms with Crippen LogP contribution in [0.4, 0.5) is 9.18 Å². The lowest BCUT2D eigenvalue weighted by Crippen LogP contribution is -2.37. The van der Waals surface area contributed by atoms with Gasteiger partial charge in [0, 0.05) is 31.7 Å². The summed E-state index contributed by atoms with van der Waals surface area (Å²) in [5.74, 6) is -1.17. The van der Waals surface area contributed by atoms with Crippen LogP contribution in [0.15, 0.2) is 29.2 Å². The number of benzene rings is 1. The molecule has 9 heteroatoms. The molecule has 0 aromatic heterocycles. The van der Waals surface area contributed by atoms with Crippen molar-refractivity contribution in [2.45, 2.75) is 25.4 Å². The summed E-state index contributed by atoms with van der Waals surface area (Å²) in [5, 5.41) is 2.23. The number of nitrogens with one attached hydrogen (secondary N) is 1. The Hall–Kier alpha value is -2.23. The number of hydrogen-bond donors (Lipinski definition) is 1. The molecule has 0 bridgehead atoms. The van der Waals surface area contributed by atoms with Gasteiger partial charge in [0.2, 0.25) is 5.91 Å². The zero-order valence-electron chi connectivity index (χ0n) is 15.9. The lowest BCUT2D eigenvalue weighted by molar-refractivity contribution is -0.124.